The van der Waals surface area contributed by atoms with Crippen molar-refractivity contribution in [3.63, 3.8) is 0 Å². The molecule has 0 N–H and O–H groups in total. The van der Waals surface area contributed by atoms with Gasteiger partial charge < -0.3 is 0 Å². The molecule has 1 aromatic rings. The Morgan fingerprint density at radius 3 is 2.44 bits per heavy atom. The van der Waals surface area contributed by atoms with Gasteiger partial charge in [-0.15, -0.1) is 0 Å². The van der Waals surface area contributed by atoms with Crippen molar-refractivity contribution in [3.05, 3.63) is 42.0 Å². The number of hydrogen-bond donors (Lipinski definition) is 0. The van der Waals surface area contributed by atoms with Crippen LogP contribution in [0.2, 0.25) is 0 Å². The van der Waals surface area contributed by atoms with Crippen LogP contribution >= 0.6 is 0 Å². The number of imide groups is 1. The maximum atomic E-state index is 12.3. The zero-order chi connectivity index (χ0) is 13.1. The predicted molar refractivity (Wildman–Crippen MR) is 71.1 cm³/mol. The Balaban J connectivity index is 2.39. The molecule has 0 saturated carbocycles. The summed E-state index contributed by atoms with van der Waals surface area (Å²) < 4.78 is 0. The molecule has 3 nitrogen and oxygen atoms in total. The molecule has 1 unspecified atom stereocenters. The third-order valence-electron chi connectivity index (χ3n) is 3.25. The lowest BCUT2D eigenvalue weighted by Crippen LogP contribution is -2.30. The molecular formula is C15H17NO2. The Kier molecular flexibility index (Phi) is 3.60. The topological polar surface area (TPSA) is 37.4 Å². The van der Waals surface area contributed by atoms with Crippen molar-refractivity contribution in [3.8, 4) is 0 Å². The van der Waals surface area contributed by atoms with Gasteiger partial charge in [0.1, 0.15) is 0 Å². The van der Waals surface area contributed by atoms with Crippen molar-refractivity contribution in [2.75, 3.05) is 4.90 Å². The summed E-state index contributed by atoms with van der Waals surface area (Å²) in [6.07, 6.45) is 3.39. The largest absolute Gasteiger partial charge is 0.273 e. The first-order valence-electron chi connectivity index (χ1n) is 6.30. The molecule has 2 amide bonds. The smallest absolute Gasteiger partial charge is 0.261 e. The van der Waals surface area contributed by atoms with Gasteiger partial charge in [0.25, 0.3) is 5.91 Å². The van der Waals surface area contributed by atoms with E-state index in [9.17, 15) is 9.59 Å². The normalized spacial score (nSPS) is 22.0. The fraction of sp³-hybridized carbons (Fsp3) is 0.333. The first-order chi connectivity index (χ1) is 8.70. The zero-order valence-corrected chi connectivity index (χ0v) is 10.7. The first-order valence-corrected chi connectivity index (χ1v) is 6.30. The summed E-state index contributed by atoms with van der Waals surface area (Å²) in [7, 11) is 0. The highest BCUT2D eigenvalue weighted by Crippen LogP contribution is 2.32. The molecule has 1 aliphatic rings. The van der Waals surface area contributed by atoms with Gasteiger partial charge in [0.15, 0.2) is 0 Å². The van der Waals surface area contributed by atoms with Crippen molar-refractivity contribution in [1.29, 1.82) is 0 Å². The molecule has 0 bridgehead atoms. The van der Waals surface area contributed by atoms with E-state index in [1.54, 1.807) is 18.2 Å². The van der Waals surface area contributed by atoms with Gasteiger partial charge in [-0.1, -0.05) is 37.6 Å². The monoisotopic (exact) mass is 243 g/mol. The molecule has 18 heavy (non-hydrogen) atoms. The molecule has 1 aliphatic heterocycles. The summed E-state index contributed by atoms with van der Waals surface area (Å²) in [6, 6.07) is 9.11. The summed E-state index contributed by atoms with van der Waals surface area (Å²) in [5, 5.41) is 0. The van der Waals surface area contributed by atoms with Crippen molar-refractivity contribution >= 4 is 17.5 Å². The lowest BCUT2D eigenvalue weighted by Gasteiger charge is -2.13. The number of anilines is 1. The Morgan fingerprint density at radius 1 is 1.22 bits per heavy atom. The summed E-state index contributed by atoms with van der Waals surface area (Å²) >= 11 is 0. The summed E-state index contributed by atoms with van der Waals surface area (Å²) in [4.78, 5) is 25.9. The molecule has 1 fully saturated rings. The fourth-order valence-corrected chi connectivity index (χ4v) is 2.38. The lowest BCUT2D eigenvalue weighted by molar-refractivity contribution is -0.122. The van der Waals surface area contributed by atoms with Crippen LogP contribution in [0.25, 0.3) is 0 Å². The zero-order valence-electron chi connectivity index (χ0n) is 10.7. The van der Waals surface area contributed by atoms with Crippen LogP contribution in [0, 0.1) is 5.92 Å². The quantitative estimate of drug-likeness (QED) is 0.604. The molecule has 0 aromatic heterocycles. The predicted octanol–water partition coefficient (Wildman–Crippen LogP) is 2.92. The SMILES string of the molecule is CC=C1C(=O)N(c2ccccc2)C(=O)C1CCC. The highest BCUT2D eigenvalue weighted by molar-refractivity contribution is 6.29. The van der Waals surface area contributed by atoms with Gasteiger partial charge >= 0.3 is 0 Å². The minimum Gasteiger partial charge on any atom is -0.273 e. The van der Waals surface area contributed by atoms with Crippen LogP contribution in [-0.2, 0) is 9.59 Å². The second-order valence-electron chi connectivity index (χ2n) is 4.40. The number of allylic oxidation sites excluding steroid dienone is 1. The van der Waals surface area contributed by atoms with Crippen LogP contribution in [0.4, 0.5) is 5.69 Å². The molecular weight excluding hydrogens is 226 g/mol. The molecule has 1 saturated heterocycles. The average Bonchev–Trinajstić information content (AvgIpc) is 2.62. The molecule has 0 radical (unpaired) electrons. The van der Waals surface area contributed by atoms with E-state index >= 15 is 0 Å². The van der Waals surface area contributed by atoms with E-state index in [2.05, 4.69) is 0 Å². The third-order valence-corrected chi connectivity index (χ3v) is 3.25. The van der Waals surface area contributed by atoms with Gasteiger partial charge in [-0.25, -0.2) is 4.90 Å². The summed E-state index contributed by atoms with van der Waals surface area (Å²) in [5.74, 6) is -0.541. The number of carbonyl (C=O) groups is 2. The number of carbonyl (C=O) groups excluding carboxylic acids is 2. The Hall–Kier alpha value is -1.90. The summed E-state index contributed by atoms with van der Waals surface area (Å²) in [6.45, 7) is 3.84. The van der Waals surface area contributed by atoms with Crippen LogP contribution in [0.5, 0.6) is 0 Å². The maximum absolute atomic E-state index is 12.3. The van der Waals surface area contributed by atoms with E-state index in [-0.39, 0.29) is 17.7 Å². The van der Waals surface area contributed by atoms with Crippen molar-refractivity contribution in [1.82, 2.24) is 0 Å². The fourth-order valence-electron chi connectivity index (χ4n) is 2.38. The van der Waals surface area contributed by atoms with Crippen molar-refractivity contribution < 1.29 is 9.59 Å². The van der Waals surface area contributed by atoms with Crippen LogP contribution in [0.15, 0.2) is 42.0 Å². The standard InChI is InChI=1S/C15H17NO2/c1-3-8-13-12(4-2)14(17)16(15(13)18)11-9-6-5-7-10-11/h4-7,9-10,13H,3,8H2,1-2H3. The number of amides is 2. The van der Waals surface area contributed by atoms with E-state index in [0.717, 1.165) is 12.8 Å². The maximum Gasteiger partial charge on any atom is 0.261 e. The van der Waals surface area contributed by atoms with Gasteiger partial charge in [-0.2, -0.15) is 0 Å². The Labute approximate surface area is 107 Å². The van der Waals surface area contributed by atoms with Crippen LogP contribution in [0.3, 0.4) is 0 Å². The average molecular weight is 243 g/mol. The van der Waals surface area contributed by atoms with Crippen LogP contribution in [-0.4, -0.2) is 11.8 Å². The molecule has 0 spiro atoms. The molecule has 1 atom stereocenters. The second kappa shape index (κ2) is 5.17. The van der Waals surface area contributed by atoms with Gasteiger partial charge in [0, 0.05) is 5.57 Å². The van der Waals surface area contributed by atoms with Gasteiger partial charge in [-0.3, -0.25) is 9.59 Å². The van der Waals surface area contributed by atoms with E-state index in [0.29, 0.717) is 11.3 Å². The number of rotatable bonds is 3. The minimum atomic E-state index is -0.271. The van der Waals surface area contributed by atoms with E-state index in [1.165, 1.54) is 4.90 Å². The molecule has 1 aromatic carbocycles. The summed E-state index contributed by atoms with van der Waals surface area (Å²) in [5.41, 5.74) is 1.29. The molecule has 1 heterocycles. The molecule has 94 valence electrons. The van der Waals surface area contributed by atoms with E-state index in [1.807, 2.05) is 32.0 Å². The number of nitrogens with zero attached hydrogens (tertiary/aromatic N) is 1. The van der Waals surface area contributed by atoms with Crippen LogP contribution < -0.4 is 4.90 Å². The first kappa shape index (κ1) is 12.6. The van der Waals surface area contributed by atoms with Crippen LogP contribution in [0.1, 0.15) is 26.7 Å². The number of hydrogen-bond acceptors (Lipinski definition) is 2. The third kappa shape index (κ3) is 1.96. The molecule has 3 heteroatoms. The Bertz CT molecular complexity index is 490. The number of benzene rings is 1. The molecule has 2 rings (SSSR count). The minimum absolute atomic E-state index is 0.0962. The highest BCUT2D eigenvalue weighted by Gasteiger charge is 2.42. The lowest BCUT2D eigenvalue weighted by atomic mass is 9.97. The Morgan fingerprint density at radius 2 is 1.89 bits per heavy atom. The van der Waals surface area contributed by atoms with E-state index in [4.69, 9.17) is 0 Å². The second-order valence-corrected chi connectivity index (χ2v) is 4.40. The van der Waals surface area contributed by atoms with Crippen molar-refractivity contribution in [2.24, 2.45) is 5.92 Å². The molecule has 0 aliphatic carbocycles. The highest BCUT2D eigenvalue weighted by atomic mass is 16.2. The van der Waals surface area contributed by atoms with Gasteiger partial charge in [0.2, 0.25) is 5.91 Å². The van der Waals surface area contributed by atoms with Gasteiger partial charge in [0.05, 0.1) is 11.6 Å². The van der Waals surface area contributed by atoms with Gasteiger partial charge in [-0.05, 0) is 25.5 Å². The number of para-hydroxylation sites is 1. The van der Waals surface area contributed by atoms with E-state index < -0.39 is 0 Å². The van der Waals surface area contributed by atoms with Crippen molar-refractivity contribution in [2.45, 2.75) is 26.7 Å².